The first-order chi connectivity index (χ1) is 13.0. The van der Waals surface area contributed by atoms with Crippen LogP contribution in [0.25, 0.3) is 6.08 Å². The van der Waals surface area contributed by atoms with Crippen molar-refractivity contribution in [1.29, 1.82) is 0 Å². The monoisotopic (exact) mass is 376 g/mol. The highest BCUT2D eigenvalue weighted by atomic mass is 32.1. The molecule has 3 rings (SSSR count). The van der Waals surface area contributed by atoms with Gasteiger partial charge in [0.2, 0.25) is 0 Å². The molecule has 2 amide bonds. The van der Waals surface area contributed by atoms with E-state index in [1.807, 2.05) is 67.8 Å². The third-order valence-electron chi connectivity index (χ3n) is 3.99. The maximum atomic E-state index is 12.8. The zero-order valence-corrected chi connectivity index (χ0v) is 16.0. The highest BCUT2D eigenvalue weighted by molar-refractivity contribution is 7.10. The van der Waals surface area contributed by atoms with E-state index in [2.05, 4.69) is 10.6 Å². The van der Waals surface area contributed by atoms with Crippen molar-refractivity contribution in [1.82, 2.24) is 5.32 Å². The van der Waals surface area contributed by atoms with Crippen LogP contribution in [0.5, 0.6) is 0 Å². The Morgan fingerprint density at radius 3 is 2.48 bits per heavy atom. The third-order valence-corrected chi connectivity index (χ3v) is 4.81. The Bertz CT molecular complexity index is 991. The van der Waals surface area contributed by atoms with Gasteiger partial charge in [-0.3, -0.25) is 9.59 Å². The molecule has 0 radical (unpaired) electrons. The van der Waals surface area contributed by atoms with E-state index in [4.69, 9.17) is 0 Å². The zero-order chi connectivity index (χ0) is 19.2. The fraction of sp³-hybridized carbons (Fsp3) is 0.0909. The van der Waals surface area contributed by atoms with Crippen molar-refractivity contribution < 1.29 is 9.59 Å². The number of rotatable bonds is 5. The first kappa shape index (κ1) is 18.6. The van der Waals surface area contributed by atoms with Crippen molar-refractivity contribution in [2.75, 3.05) is 5.32 Å². The number of hydrogen-bond acceptors (Lipinski definition) is 3. The second-order valence-electron chi connectivity index (χ2n) is 6.17. The maximum absolute atomic E-state index is 12.8. The Hall–Kier alpha value is -3.18. The SMILES string of the molecule is Cc1cccc(NC(=O)/C(=C/c2cccs2)NC(=O)c2ccccc2C)c1. The molecule has 0 saturated heterocycles. The predicted molar refractivity (Wildman–Crippen MR) is 111 cm³/mol. The van der Waals surface area contributed by atoms with Gasteiger partial charge in [-0.1, -0.05) is 36.4 Å². The Morgan fingerprint density at radius 2 is 1.78 bits per heavy atom. The molecule has 0 aliphatic carbocycles. The first-order valence-corrected chi connectivity index (χ1v) is 9.41. The van der Waals surface area contributed by atoms with Gasteiger partial charge in [-0.15, -0.1) is 11.3 Å². The molecule has 1 heterocycles. The van der Waals surface area contributed by atoms with E-state index in [1.165, 1.54) is 11.3 Å². The van der Waals surface area contributed by atoms with E-state index < -0.39 is 0 Å². The fourth-order valence-electron chi connectivity index (χ4n) is 2.61. The van der Waals surface area contributed by atoms with Gasteiger partial charge < -0.3 is 10.6 Å². The van der Waals surface area contributed by atoms with E-state index in [0.717, 1.165) is 16.0 Å². The molecule has 0 saturated carbocycles. The maximum Gasteiger partial charge on any atom is 0.272 e. The summed E-state index contributed by atoms with van der Waals surface area (Å²) in [5, 5.41) is 7.53. The van der Waals surface area contributed by atoms with Crippen molar-refractivity contribution in [2.45, 2.75) is 13.8 Å². The zero-order valence-electron chi connectivity index (χ0n) is 15.2. The standard InChI is InChI=1S/C22H20N2O2S/c1-15-7-5-9-17(13-15)23-22(26)20(14-18-10-6-12-27-18)24-21(25)19-11-4-3-8-16(19)2/h3-14H,1-2H3,(H,23,26)(H,24,25)/b20-14-. The highest BCUT2D eigenvalue weighted by Gasteiger charge is 2.16. The van der Waals surface area contributed by atoms with Crippen LogP contribution in [0.2, 0.25) is 0 Å². The largest absolute Gasteiger partial charge is 0.321 e. The molecule has 0 unspecified atom stereocenters. The summed E-state index contributed by atoms with van der Waals surface area (Å²) in [6, 6.07) is 18.6. The quantitative estimate of drug-likeness (QED) is 0.630. The van der Waals surface area contributed by atoms with E-state index in [9.17, 15) is 9.59 Å². The van der Waals surface area contributed by atoms with Crippen LogP contribution in [0.15, 0.2) is 71.7 Å². The van der Waals surface area contributed by atoms with Gasteiger partial charge in [0.25, 0.3) is 11.8 Å². The number of nitrogens with one attached hydrogen (secondary N) is 2. The molecular formula is C22H20N2O2S. The van der Waals surface area contributed by atoms with Gasteiger partial charge in [-0.2, -0.15) is 0 Å². The lowest BCUT2D eigenvalue weighted by Crippen LogP contribution is -2.31. The van der Waals surface area contributed by atoms with Crippen LogP contribution in [-0.2, 0) is 4.79 Å². The molecule has 0 bridgehead atoms. The minimum atomic E-state index is -0.365. The van der Waals surface area contributed by atoms with Crippen LogP contribution >= 0.6 is 11.3 Å². The van der Waals surface area contributed by atoms with Crippen LogP contribution in [-0.4, -0.2) is 11.8 Å². The van der Waals surface area contributed by atoms with Gasteiger partial charge in [0.15, 0.2) is 0 Å². The highest BCUT2D eigenvalue weighted by Crippen LogP contribution is 2.16. The molecule has 5 heteroatoms. The third kappa shape index (κ3) is 4.92. The van der Waals surface area contributed by atoms with Gasteiger partial charge in [-0.25, -0.2) is 0 Å². The van der Waals surface area contributed by atoms with Crippen molar-refractivity contribution in [3.8, 4) is 0 Å². The minimum Gasteiger partial charge on any atom is -0.321 e. The average Bonchev–Trinajstić information content (AvgIpc) is 3.14. The Balaban J connectivity index is 1.86. The Labute approximate surface area is 162 Å². The number of carbonyl (C=O) groups is 2. The number of amides is 2. The molecule has 1 aromatic heterocycles. The lowest BCUT2D eigenvalue weighted by atomic mass is 10.1. The second kappa shape index (κ2) is 8.47. The van der Waals surface area contributed by atoms with Gasteiger partial charge in [0.1, 0.15) is 5.70 Å². The summed E-state index contributed by atoms with van der Waals surface area (Å²) >= 11 is 1.50. The predicted octanol–water partition coefficient (Wildman–Crippen LogP) is 4.77. The number of hydrogen-bond donors (Lipinski definition) is 2. The van der Waals surface area contributed by atoms with Crippen LogP contribution < -0.4 is 10.6 Å². The molecule has 136 valence electrons. The van der Waals surface area contributed by atoms with E-state index >= 15 is 0 Å². The molecular weight excluding hydrogens is 356 g/mol. The van der Waals surface area contributed by atoms with Crippen LogP contribution in [0.1, 0.15) is 26.4 Å². The normalized spacial score (nSPS) is 11.1. The summed E-state index contributed by atoms with van der Waals surface area (Å²) in [4.78, 5) is 26.4. The molecule has 0 aliphatic rings. The van der Waals surface area contributed by atoms with E-state index in [-0.39, 0.29) is 17.5 Å². The molecule has 0 atom stereocenters. The first-order valence-electron chi connectivity index (χ1n) is 8.53. The van der Waals surface area contributed by atoms with Gasteiger partial charge in [-0.05, 0) is 60.7 Å². The summed E-state index contributed by atoms with van der Waals surface area (Å²) in [7, 11) is 0. The lowest BCUT2D eigenvalue weighted by Gasteiger charge is -2.12. The van der Waals surface area contributed by atoms with Crippen molar-refractivity contribution in [2.24, 2.45) is 0 Å². The van der Waals surface area contributed by atoms with Crippen molar-refractivity contribution in [3.05, 3.63) is 93.3 Å². The molecule has 0 fully saturated rings. The van der Waals surface area contributed by atoms with Crippen LogP contribution in [0.3, 0.4) is 0 Å². The smallest absolute Gasteiger partial charge is 0.272 e. The molecule has 0 spiro atoms. The van der Waals surface area contributed by atoms with Gasteiger partial charge in [0.05, 0.1) is 0 Å². The number of aryl methyl sites for hydroxylation is 2. The molecule has 3 aromatic rings. The van der Waals surface area contributed by atoms with Crippen molar-refractivity contribution >= 4 is 34.9 Å². The molecule has 2 N–H and O–H groups in total. The van der Waals surface area contributed by atoms with E-state index in [0.29, 0.717) is 11.3 Å². The summed E-state index contributed by atoms with van der Waals surface area (Å²) in [6.07, 6.45) is 1.69. The lowest BCUT2D eigenvalue weighted by molar-refractivity contribution is -0.113. The van der Waals surface area contributed by atoms with Crippen molar-refractivity contribution in [3.63, 3.8) is 0 Å². The summed E-state index contributed by atoms with van der Waals surface area (Å²) < 4.78 is 0. The summed E-state index contributed by atoms with van der Waals surface area (Å²) in [5.41, 5.74) is 3.32. The molecule has 2 aromatic carbocycles. The van der Waals surface area contributed by atoms with Gasteiger partial charge >= 0.3 is 0 Å². The Kier molecular flexibility index (Phi) is 5.84. The number of benzene rings is 2. The molecule has 4 nitrogen and oxygen atoms in total. The van der Waals surface area contributed by atoms with Crippen LogP contribution in [0.4, 0.5) is 5.69 Å². The Morgan fingerprint density at radius 1 is 0.963 bits per heavy atom. The number of thiophene rings is 1. The second-order valence-corrected chi connectivity index (χ2v) is 7.15. The van der Waals surface area contributed by atoms with Crippen LogP contribution in [0, 0.1) is 13.8 Å². The summed E-state index contributed by atoms with van der Waals surface area (Å²) in [5.74, 6) is -0.675. The molecule has 0 aliphatic heterocycles. The van der Waals surface area contributed by atoms with Gasteiger partial charge in [0, 0.05) is 16.1 Å². The molecule has 27 heavy (non-hydrogen) atoms. The topological polar surface area (TPSA) is 58.2 Å². The summed E-state index contributed by atoms with van der Waals surface area (Å²) in [6.45, 7) is 3.82. The number of carbonyl (C=O) groups excluding carboxylic acids is 2. The minimum absolute atomic E-state index is 0.201. The number of anilines is 1. The average molecular weight is 376 g/mol. The fourth-order valence-corrected chi connectivity index (χ4v) is 3.27. The van der Waals surface area contributed by atoms with E-state index in [1.54, 1.807) is 18.2 Å².